The first-order valence-electron chi connectivity index (χ1n) is 6.73. The van der Waals surface area contributed by atoms with Gasteiger partial charge in [0, 0.05) is 24.9 Å². The van der Waals surface area contributed by atoms with Gasteiger partial charge in [0.15, 0.2) is 0 Å². The molecule has 0 spiro atoms. The van der Waals surface area contributed by atoms with Crippen molar-refractivity contribution >= 4 is 0 Å². The van der Waals surface area contributed by atoms with Crippen LogP contribution in [0, 0.1) is 0 Å². The minimum atomic E-state index is -2.44. The highest BCUT2D eigenvalue weighted by Gasteiger charge is 2.36. The smallest absolute Gasteiger partial charge is 0.248 e. The molecule has 0 aromatic heterocycles. The van der Waals surface area contributed by atoms with E-state index in [1.165, 1.54) is 0 Å². The summed E-state index contributed by atoms with van der Waals surface area (Å²) < 4.78 is 26.0. The third kappa shape index (κ3) is 3.88. The molecule has 2 aliphatic rings. The average molecular weight is 247 g/mol. The van der Waals surface area contributed by atoms with Crippen molar-refractivity contribution in [3.8, 4) is 0 Å². The minimum absolute atomic E-state index is 0.0229. The van der Waals surface area contributed by atoms with Gasteiger partial charge in [0.25, 0.3) is 0 Å². The van der Waals surface area contributed by atoms with Crippen molar-refractivity contribution in [1.82, 2.24) is 5.32 Å². The van der Waals surface area contributed by atoms with Gasteiger partial charge in [-0.1, -0.05) is 0 Å². The largest absolute Gasteiger partial charge is 0.390 e. The fraction of sp³-hybridized carbons (Fsp3) is 1.00. The molecule has 100 valence electrons. The van der Waals surface area contributed by atoms with Gasteiger partial charge in [-0.25, -0.2) is 8.78 Å². The molecule has 0 radical (unpaired) electrons. The van der Waals surface area contributed by atoms with Crippen LogP contribution in [0.15, 0.2) is 0 Å². The summed E-state index contributed by atoms with van der Waals surface area (Å²) in [5.74, 6) is -2.44. The van der Waals surface area contributed by atoms with Crippen LogP contribution in [-0.2, 0) is 0 Å². The molecule has 2 nitrogen and oxygen atoms in total. The molecule has 2 fully saturated rings. The van der Waals surface area contributed by atoms with E-state index in [4.69, 9.17) is 0 Å². The van der Waals surface area contributed by atoms with Gasteiger partial charge in [-0.3, -0.25) is 0 Å². The van der Waals surface area contributed by atoms with E-state index in [1.807, 2.05) is 6.92 Å². The summed E-state index contributed by atoms with van der Waals surface area (Å²) in [7, 11) is 0. The van der Waals surface area contributed by atoms with Crippen molar-refractivity contribution in [1.29, 1.82) is 0 Å². The van der Waals surface area contributed by atoms with E-state index in [9.17, 15) is 13.9 Å². The SMILES string of the molecule is CC1(O)CCC(NC2CCC(F)(F)CC2)CC1. The van der Waals surface area contributed by atoms with Gasteiger partial charge in [0.05, 0.1) is 5.60 Å². The lowest BCUT2D eigenvalue weighted by Gasteiger charge is -2.37. The van der Waals surface area contributed by atoms with Crippen LogP contribution in [0.25, 0.3) is 0 Å². The maximum Gasteiger partial charge on any atom is 0.248 e. The molecule has 0 amide bonds. The molecule has 0 bridgehead atoms. The Labute approximate surface area is 102 Å². The van der Waals surface area contributed by atoms with Crippen LogP contribution in [0.2, 0.25) is 0 Å². The number of alkyl halides is 2. The Morgan fingerprint density at radius 2 is 1.35 bits per heavy atom. The van der Waals surface area contributed by atoms with Crippen LogP contribution in [0.1, 0.15) is 58.3 Å². The molecule has 17 heavy (non-hydrogen) atoms. The third-order valence-corrected chi connectivity index (χ3v) is 4.25. The summed E-state index contributed by atoms with van der Waals surface area (Å²) in [6.07, 6.45) is 4.75. The molecular formula is C13H23F2NO. The zero-order valence-electron chi connectivity index (χ0n) is 10.5. The molecule has 2 aliphatic carbocycles. The van der Waals surface area contributed by atoms with Crippen molar-refractivity contribution in [2.24, 2.45) is 0 Å². The maximum atomic E-state index is 13.0. The standard InChI is InChI=1S/C13H23F2NO/c1-12(17)6-2-10(3-7-12)16-11-4-8-13(14,15)9-5-11/h10-11,16-17H,2-9H2,1H3. The van der Waals surface area contributed by atoms with Crippen LogP contribution in [0.5, 0.6) is 0 Å². The molecule has 0 aliphatic heterocycles. The highest BCUT2D eigenvalue weighted by Crippen LogP contribution is 2.34. The molecule has 4 heteroatoms. The van der Waals surface area contributed by atoms with Crippen LogP contribution in [0.4, 0.5) is 8.78 Å². The second-order valence-corrected chi connectivity index (χ2v) is 6.07. The summed E-state index contributed by atoms with van der Waals surface area (Å²) in [5.41, 5.74) is -0.516. The molecule has 2 rings (SSSR count). The first-order chi connectivity index (χ1) is 7.86. The molecule has 0 aromatic rings. The number of nitrogens with one attached hydrogen (secondary N) is 1. The molecule has 0 saturated heterocycles. The predicted octanol–water partition coefficient (Wildman–Crippen LogP) is 2.85. The summed E-state index contributed by atoms with van der Waals surface area (Å²) in [6, 6.07) is 0.662. The average Bonchev–Trinajstić information content (AvgIpc) is 2.24. The Morgan fingerprint density at radius 1 is 0.941 bits per heavy atom. The van der Waals surface area contributed by atoms with E-state index in [0.29, 0.717) is 18.9 Å². The van der Waals surface area contributed by atoms with Gasteiger partial charge in [-0.15, -0.1) is 0 Å². The van der Waals surface area contributed by atoms with E-state index in [-0.39, 0.29) is 18.9 Å². The lowest BCUT2D eigenvalue weighted by atomic mass is 9.82. The van der Waals surface area contributed by atoms with Gasteiger partial charge >= 0.3 is 0 Å². The van der Waals surface area contributed by atoms with E-state index in [1.54, 1.807) is 0 Å². The lowest BCUT2D eigenvalue weighted by Crippen LogP contribution is -2.46. The van der Waals surface area contributed by atoms with Gasteiger partial charge < -0.3 is 10.4 Å². The Balaban J connectivity index is 1.72. The fourth-order valence-electron chi connectivity index (χ4n) is 2.95. The summed E-state index contributed by atoms with van der Waals surface area (Å²) in [6.45, 7) is 1.88. The summed E-state index contributed by atoms with van der Waals surface area (Å²) in [4.78, 5) is 0. The monoisotopic (exact) mass is 247 g/mol. The van der Waals surface area contributed by atoms with Gasteiger partial charge in [0.1, 0.15) is 0 Å². The van der Waals surface area contributed by atoms with E-state index in [0.717, 1.165) is 25.7 Å². The molecule has 2 N–H and O–H groups in total. The van der Waals surface area contributed by atoms with Crippen molar-refractivity contribution in [3.63, 3.8) is 0 Å². The topological polar surface area (TPSA) is 32.3 Å². The molecule has 0 heterocycles. The minimum Gasteiger partial charge on any atom is -0.390 e. The van der Waals surface area contributed by atoms with Crippen LogP contribution < -0.4 is 5.32 Å². The van der Waals surface area contributed by atoms with Crippen molar-refractivity contribution in [2.45, 2.75) is 81.9 Å². The maximum absolute atomic E-state index is 13.0. The third-order valence-electron chi connectivity index (χ3n) is 4.25. The van der Waals surface area contributed by atoms with Gasteiger partial charge in [0.2, 0.25) is 5.92 Å². The number of hydrogen-bond acceptors (Lipinski definition) is 2. The van der Waals surface area contributed by atoms with Crippen LogP contribution in [-0.4, -0.2) is 28.7 Å². The van der Waals surface area contributed by atoms with Gasteiger partial charge in [-0.2, -0.15) is 0 Å². The van der Waals surface area contributed by atoms with E-state index in [2.05, 4.69) is 5.32 Å². The normalized spacial score (nSPS) is 39.2. The van der Waals surface area contributed by atoms with Crippen molar-refractivity contribution in [3.05, 3.63) is 0 Å². The molecule has 0 unspecified atom stereocenters. The van der Waals surface area contributed by atoms with E-state index < -0.39 is 11.5 Å². The lowest BCUT2D eigenvalue weighted by molar-refractivity contribution is -0.0429. The Kier molecular flexibility index (Phi) is 3.74. The van der Waals surface area contributed by atoms with E-state index >= 15 is 0 Å². The Morgan fingerprint density at radius 3 is 1.82 bits per heavy atom. The van der Waals surface area contributed by atoms with Crippen LogP contribution in [0.3, 0.4) is 0 Å². The molecular weight excluding hydrogens is 224 g/mol. The van der Waals surface area contributed by atoms with Crippen molar-refractivity contribution < 1.29 is 13.9 Å². The number of rotatable bonds is 2. The first-order valence-corrected chi connectivity index (χ1v) is 6.73. The number of halogens is 2. The summed E-state index contributed by atoms with van der Waals surface area (Å²) in [5, 5.41) is 13.3. The Bertz CT molecular complexity index is 222. The highest BCUT2D eigenvalue weighted by atomic mass is 19.3. The Hall–Kier alpha value is -0.220. The number of hydrogen-bond donors (Lipinski definition) is 2. The van der Waals surface area contributed by atoms with Gasteiger partial charge in [-0.05, 0) is 45.4 Å². The molecule has 0 aromatic carbocycles. The van der Waals surface area contributed by atoms with Crippen molar-refractivity contribution in [2.75, 3.05) is 0 Å². The first kappa shape index (κ1) is 13.2. The zero-order chi connectivity index (χ0) is 12.5. The fourth-order valence-corrected chi connectivity index (χ4v) is 2.95. The summed E-state index contributed by atoms with van der Waals surface area (Å²) >= 11 is 0. The van der Waals surface area contributed by atoms with Crippen LogP contribution >= 0.6 is 0 Å². The quantitative estimate of drug-likeness (QED) is 0.786. The molecule has 0 atom stereocenters. The zero-order valence-corrected chi connectivity index (χ0v) is 10.5. The number of aliphatic hydroxyl groups is 1. The molecule has 2 saturated carbocycles. The highest BCUT2D eigenvalue weighted by molar-refractivity contribution is 4.88. The second-order valence-electron chi connectivity index (χ2n) is 6.07. The second kappa shape index (κ2) is 4.81. The predicted molar refractivity (Wildman–Crippen MR) is 63.2 cm³/mol.